The van der Waals surface area contributed by atoms with Gasteiger partial charge in [0.05, 0.1) is 18.4 Å². The molecule has 0 aliphatic rings. The van der Waals surface area contributed by atoms with Crippen molar-refractivity contribution in [2.45, 2.75) is 20.4 Å². The Morgan fingerprint density at radius 1 is 1.32 bits per heavy atom. The van der Waals surface area contributed by atoms with Crippen LogP contribution in [0.25, 0.3) is 0 Å². The zero-order chi connectivity index (χ0) is 18.4. The Balaban J connectivity index is 2.37. The van der Waals surface area contributed by atoms with Gasteiger partial charge in [-0.05, 0) is 41.9 Å². The maximum absolute atomic E-state index is 12.7. The highest BCUT2D eigenvalue weighted by Gasteiger charge is 2.15. The molecule has 2 aromatic rings. The average molecular weight is 428 g/mol. The Morgan fingerprint density at radius 2 is 1.96 bits per heavy atom. The van der Waals surface area contributed by atoms with Crippen LogP contribution in [-0.4, -0.2) is 35.7 Å². The van der Waals surface area contributed by atoms with E-state index in [9.17, 15) is 4.79 Å². The van der Waals surface area contributed by atoms with Crippen molar-refractivity contribution < 1.29 is 4.84 Å². The van der Waals surface area contributed by atoms with E-state index in [0.29, 0.717) is 15.2 Å². The van der Waals surface area contributed by atoms with Gasteiger partial charge in [-0.3, -0.25) is 4.79 Å². The lowest BCUT2D eigenvalue weighted by Crippen LogP contribution is -2.31. The van der Waals surface area contributed by atoms with E-state index in [2.05, 4.69) is 31.1 Å². The summed E-state index contributed by atoms with van der Waals surface area (Å²) in [5.41, 5.74) is 1.95. The molecule has 1 heterocycles. The second-order valence-corrected chi connectivity index (χ2v) is 6.44. The SMILES string of the molecule is CCN(CC)c1cnn(C/C(=N/OC)c2ccc(Cl)cc2)c(=O)c1Br. The van der Waals surface area contributed by atoms with Crippen LogP contribution in [0.5, 0.6) is 0 Å². The number of benzene rings is 1. The molecule has 134 valence electrons. The third-order valence-corrected chi connectivity index (χ3v) is 4.75. The second-order valence-electron chi connectivity index (χ2n) is 5.21. The molecule has 0 N–H and O–H groups in total. The molecule has 0 spiro atoms. The molecule has 0 atom stereocenters. The predicted octanol–water partition coefficient (Wildman–Crippen LogP) is 3.56. The van der Waals surface area contributed by atoms with Crippen LogP contribution in [0.15, 0.2) is 44.9 Å². The summed E-state index contributed by atoms with van der Waals surface area (Å²) in [5, 5.41) is 8.95. The van der Waals surface area contributed by atoms with Crippen molar-refractivity contribution in [3.63, 3.8) is 0 Å². The molecule has 0 bridgehead atoms. The summed E-state index contributed by atoms with van der Waals surface area (Å²) in [5.74, 6) is 0. The lowest BCUT2D eigenvalue weighted by Gasteiger charge is -2.22. The van der Waals surface area contributed by atoms with Crippen molar-refractivity contribution in [3.05, 3.63) is 55.9 Å². The number of anilines is 1. The lowest BCUT2D eigenvalue weighted by molar-refractivity contribution is 0.212. The van der Waals surface area contributed by atoms with Gasteiger partial charge in [-0.15, -0.1) is 0 Å². The summed E-state index contributed by atoms with van der Waals surface area (Å²) in [4.78, 5) is 19.6. The number of halogens is 2. The predicted molar refractivity (Wildman–Crippen MR) is 105 cm³/mol. The minimum Gasteiger partial charge on any atom is -0.399 e. The minimum atomic E-state index is -0.220. The number of oxime groups is 1. The first kappa shape index (κ1) is 19.5. The highest BCUT2D eigenvalue weighted by Crippen LogP contribution is 2.21. The van der Waals surface area contributed by atoms with E-state index in [1.54, 1.807) is 18.3 Å². The molecule has 0 amide bonds. The van der Waals surface area contributed by atoms with E-state index >= 15 is 0 Å². The molecular formula is C17H20BrClN4O2. The van der Waals surface area contributed by atoms with Crippen molar-refractivity contribution in [1.29, 1.82) is 0 Å². The van der Waals surface area contributed by atoms with E-state index in [4.69, 9.17) is 16.4 Å². The minimum absolute atomic E-state index is 0.186. The highest BCUT2D eigenvalue weighted by atomic mass is 79.9. The van der Waals surface area contributed by atoms with E-state index in [1.165, 1.54) is 11.8 Å². The molecule has 0 fully saturated rings. The maximum Gasteiger partial charge on any atom is 0.283 e. The van der Waals surface area contributed by atoms with Crippen LogP contribution in [0.4, 0.5) is 5.69 Å². The molecule has 1 aromatic carbocycles. The Hall–Kier alpha value is -1.86. The molecular weight excluding hydrogens is 408 g/mol. The zero-order valence-corrected chi connectivity index (χ0v) is 16.7. The molecule has 6 nitrogen and oxygen atoms in total. The number of nitrogens with zero attached hydrogens (tertiary/aromatic N) is 4. The molecule has 0 radical (unpaired) electrons. The fourth-order valence-corrected chi connectivity index (χ4v) is 3.10. The Labute approximate surface area is 160 Å². The molecule has 0 saturated carbocycles. The van der Waals surface area contributed by atoms with Crippen molar-refractivity contribution in [3.8, 4) is 0 Å². The van der Waals surface area contributed by atoms with Crippen molar-refractivity contribution in [1.82, 2.24) is 9.78 Å². The van der Waals surface area contributed by atoms with Gasteiger partial charge in [-0.1, -0.05) is 28.9 Å². The first-order valence-electron chi connectivity index (χ1n) is 7.88. The van der Waals surface area contributed by atoms with Gasteiger partial charge in [0.2, 0.25) is 0 Å². The summed E-state index contributed by atoms with van der Waals surface area (Å²) in [6.45, 7) is 5.84. The fourth-order valence-electron chi connectivity index (χ4n) is 2.42. The van der Waals surface area contributed by atoms with Crippen LogP contribution in [0.2, 0.25) is 5.02 Å². The molecule has 0 aliphatic heterocycles. The van der Waals surface area contributed by atoms with Crippen LogP contribution in [0.3, 0.4) is 0 Å². The molecule has 8 heteroatoms. The van der Waals surface area contributed by atoms with Crippen molar-refractivity contribution in [2.75, 3.05) is 25.1 Å². The van der Waals surface area contributed by atoms with Gasteiger partial charge in [0.25, 0.3) is 5.56 Å². The first-order chi connectivity index (χ1) is 12.0. The monoisotopic (exact) mass is 426 g/mol. The van der Waals surface area contributed by atoms with Crippen molar-refractivity contribution in [2.24, 2.45) is 5.16 Å². The third-order valence-electron chi connectivity index (χ3n) is 3.75. The topological polar surface area (TPSA) is 59.7 Å². The molecule has 0 saturated heterocycles. The van der Waals surface area contributed by atoms with Gasteiger partial charge >= 0.3 is 0 Å². The number of hydrogen-bond donors (Lipinski definition) is 0. The smallest absolute Gasteiger partial charge is 0.283 e. The zero-order valence-electron chi connectivity index (χ0n) is 14.4. The third kappa shape index (κ3) is 4.61. The van der Waals surface area contributed by atoms with Crippen molar-refractivity contribution >= 4 is 38.9 Å². The first-order valence-corrected chi connectivity index (χ1v) is 9.05. The van der Waals surface area contributed by atoms with Gasteiger partial charge in [0.1, 0.15) is 17.3 Å². The second kappa shape index (κ2) is 9.01. The summed E-state index contributed by atoms with van der Waals surface area (Å²) >= 11 is 9.33. The van der Waals surface area contributed by atoms with Gasteiger partial charge < -0.3 is 9.74 Å². The van der Waals surface area contributed by atoms with Crippen LogP contribution >= 0.6 is 27.5 Å². The lowest BCUT2D eigenvalue weighted by atomic mass is 10.1. The van der Waals surface area contributed by atoms with Crippen LogP contribution in [0, 0.1) is 0 Å². The number of hydrogen-bond acceptors (Lipinski definition) is 5. The summed E-state index contributed by atoms with van der Waals surface area (Å²) in [7, 11) is 1.46. The number of rotatable bonds is 7. The van der Waals surface area contributed by atoms with Crippen LogP contribution in [0.1, 0.15) is 19.4 Å². The Bertz CT molecular complexity index is 801. The Morgan fingerprint density at radius 3 is 2.52 bits per heavy atom. The van der Waals surface area contributed by atoms with Gasteiger partial charge in [-0.25, -0.2) is 4.68 Å². The van der Waals surface area contributed by atoms with Crippen LogP contribution in [-0.2, 0) is 11.4 Å². The average Bonchev–Trinajstić information content (AvgIpc) is 2.62. The number of aromatic nitrogens is 2. The molecule has 0 aliphatic carbocycles. The maximum atomic E-state index is 12.7. The highest BCUT2D eigenvalue weighted by molar-refractivity contribution is 9.10. The quantitative estimate of drug-likeness (QED) is 0.501. The van der Waals surface area contributed by atoms with E-state index in [1.807, 2.05) is 26.0 Å². The normalized spacial score (nSPS) is 11.5. The summed E-state index contributed by atoms with van der Waals surface area (Å²) < 4.78 is 1.84. The van der Waals surface area contributed by atoms with Gasteiger partial charge in [-0.2, -0.15) is 5.10 Å². The van der Waals surface area contributed by atoms with Crippen LogP contribution < -0.4 is 10.5 Å². The van der Waals surface area contributed by atoms with Gasteiger partial charge in [0.15, 0.2) is 0 Å². The fraction of sp³-hybridized carbons (Fsp3) is 0.353. The van der Waals surface area contributed by atoms with E-state index in [-0.39, 0.29) is 12.1 Å². The summed E-state index contributed by atoms with van der Waals surface area (Å²) in [6.07, 6.45) is 1.69. The molecule has 25 heavy (non-hydrogen) atoms. The molecule has 1 aromatic heterocycles. The Kier molecular flexibility index (Phi) is 7.01. The largest absolute Gasteiger partial charge is 0.399 e. The summed E-state index contributed by atoms with van der Waals surface area (Å²) in [6, 6.07) is 7.17. The standard InChI is InChI=1S/C17H20BrClN4O2/c1-4-22(5-2)15-10-20-23(17(24)16(15)18)11-14(21-25-3)12-6-8-13(19)9-7-12/h6-10H,4-5,11H2,1-3H3/b21-14-. The van der Waals surface area contributed by atoms with E-state index in [0.717, 1.165) is 24.3 Å². The molecule has 2 rings (SSSR count). The van der Waals surface area contributed by atoms with Gasteiger partial charge in [0, 0.05) is 23.7 Å². The molecule has 0 unspecified atom stereocenters. The van der Waals surface area contributed by atoms with E-state index < -0.39 is 0 Å².